The summed E-state index contributed by atoms with van der Waals surface area (Å²) in [6.07, 6.45) is 23.4. The summed E-state index contributed by atoms with van der Waals surface area (Å²) >= 11 is 7.18. The Balaban J connectivity index is 2.92. The maximum absolute atomic E-state index is 2.49. The molecule has 23 heavy (non-hydrogen) atoms. The van der Waals surface area contributed by atoms with Gasteiger partial charge in [-0.25, -0.2) is 0 Å². The Labute approximate surface area is 178 Å². The largest absolute Gasteiger partial charge is 0.162 e. The Kier molecular flexibility index (Phi) is 25.7. The second-order valence-electron chi connectivity index (χ2n) is 6.65. The first kappa shape index (κ1) is 24.8. The van der Waals surface area contributed by atoms with Crippen LogP contribution >= 0.6 is 56.9 Å². The fourth-order valence-electron chi connectivity index (χ4n) is 2.82. The van der Waals surface area contributed by atoms with E-state index in [0.29, 0.717) is 0 Å². The molecule has 0 bridgehead atoms. The average molecular weight is 566 g/mol. The summed E-state index contributed by atoms with van der Waals surface area (Å²) in [7, 11) is 0. The maximum Gasteiger partial charge on any atom is -0.000473 e. The summed E-state index contributed by atoms with van der Waals surface area (Å²) in [5, 5.41) is 0. The van der Waals surface area contributed by atoms with Crippen molar-refractivity contribution in [3.8, 4) is 0 Å². The van der Waals surface area contributed by atoms with Crippen LogP contribution in [0.3, 0.4) is 0 Å². The van der Waals surface area contributed by atoms with Gasteiger partial charge in [0.25, 0.3) is 0 Å². The highest BCUT2D eigenvalue weighted by Gasteiger charge is 1.95. The predicted octanol–water partition coefficient (Wildman–Crippen LogP) is 8.83. The van der Waals surface area contributed by atoms with Crippen molar-refractivity contribution in [2.75, 3.05) is 20.4 Å². The van der Waals surface area contributed by atoms with Crippen LogP contribution in [0.15, 0.2) is 0 Å². The zero-order valence-corrected chi connectivity index (χ0v) is 20.4. The summed E-state index contributed by atoms with van der Waals surface area (Å²) < 4.78 is 2.68. The number of unbranched alkanes of at least 4 members (excludes halogenated alkanes) is 14. The van der Waals surface area contributed by atoms with E-state index in [4.69, 9.17) is 0 Å². The first-order valence-electron chi connectivity index (χ1n) is 10.1. The molecule has 0 nitrogen and oxygen atoms in total. The molecule has 0 aromatic heterocycles. The van der Waals surface area contributed by atoms with Gasteiger partial charge in [-0.15, -0.1) is 0 Å². The highest BCUT2D eigenvalue weighted by atomic mass is 127. The molecule has 0 atom stereocenters. The van der Waals surface area contributed by atoms with Crippen molar-refractivity contribution in [3.05, 3.63) is 0 Å². The lowest BCUT2D eigenvalue weighted by Gasteiger charge is -2.03. The third-order valence-electron chi connectivity index (χ3n) is 4.34. The van der Waals surface area contributed by atoms with Crippen molar-refractivity contribution in [1.29, 1.82) is 0 Å². The quantitative estimate of drug-likeness (QED) is 0.0806. The minimum atomic E-state index is 1.34. The SMILES string of the molecule is ICCCCCCCCCCSCCCCCCCCCCI. The number of rotatable bonds is 20. The lowest BCUT2D eigenvalue weighted by molar-refractivity contribution is 0.587. The van der Waals surface area contributed by atoms with Gasteiger partial charge in [-0.2, -0.15) is 11.8 Å². The van der Waals surface area contributed by atoms with Crippen LogP contribution in [0.4, 0.5) is 0 Å². The highest BCUT2D eigenvalue weighted by molar-refractivity contribution is 14.1. The van der Waals surface area contributed by atoms with Gasteiger partial charge in [-0.05, 0) is 46.0 Å². The minimum absolute atomic E-state index is 1.34. The number of thioether (sulfide) groups is 1. The zero-order valence-electron chi connectivity index (χ0n) is 15.3. The van der Waals surface area contributed by atoms with Gasteiger partial charge in [0.05, 0.1) is 0 Å². The maximum atomic E-state index is 2.49. The summed E-state index contributed by atoms with van der Waals surface area (Å²) in [4.78, 5) is 0. The molecule has 0 heterocycles. The summed E-state index contributed by atoms with van der Waals surface area (Å²) in [6.45, 7) is 0. The van der Waals surface area contributed by atoms with Gasteiger partial charge in [-0.1, -0.05) is 122 Å². The van der Waals surface area contributed by atoms with E-state index >= 15 is 0 Å². The van der Waals surface area contributed by atoms with Crippen LogP contribution in [0.2, 0.25) is 0 Å². The van der Waals surface area contributed by atoms with E-state index < -0.39 is 0 Å². The molecule has 0 aliphatic rings. The molecule has 0 N–H and O–H groups in total. The van der Waals surface area contributed by atoms with Crippen LogP contribution < -0.4 is 0 Å². The van der Waals surface area contributed by atoms with Crippen LogP contribution in [0.1, 0.15) is 103 Å². The monoisotopic (exact) mass is 566 g/mol. The zero-order chi connectivity index (χ0) is 16.8. The lowest BCUT2D eigenvalue weighted by atomic mass is 10.1. The molecule has 0 unspecified atom stereocenters. The van der Waals surface area contributed by atoms with E-state index in [1.165, 1.54) is 123 Å². The second-order valence-corrected chi connectivity index (χ2v) is 10.0. The van der Waals surface area contributed by atoms with E-state index in [1.807, 2.05) is 0 Å². The van der Waals surface area contributed by atoms with Crippen LogP contribution in [0.5, 0.6) is 0 Å². The smallest absolute Gasteiger partial charge is 0.000473 e. The third-order valence-corrected chi connectivity index (χ3v) is 7.02. The van der Waals surface area contributed by atoms with E-state index in [9.17, 15) is 0 Å². The van der Waals surface area contributed by atoms with Crippen LogP contribution in [-0.2, 0) is 0 Å². The van der Waals surface area contributed by atoms with Gasteiger partial charge in [0.15, 0.2) is 0 Å². The van der Waals surface area contributed by atoms with E-state index in [-0.39, 0.29) is 0 Å². The normalized spacial score (nSPS) is 11.2. The van der Waals surface area contributed by atoms with Gasteiger partial charge in [0.2, 0.25) is 0 Å². The molecule has 0 saturated carbocycles. The van der Waals surface area contributed by atoms with Crippen molar-refractivity contribution < 1.29 is 0 Å². The predicted molar refractivity (Wildman–Crippen MR) is 129 cm³/mol. The summed E-state index contributed by atoms with van der Waals surface area (Å²) in [5.41, 5.74) is 0. The fourth-order valence-corrected chi connectivity index (χ4v) is 4.92. The number of hydrogen-bond acceptors (Lipinski definition) is 1. The van der Waals surface area contributed by atoms with Crippen LogP contribution in [0.25, 0.3) is 0 Å². The number of hydrogen-bond donors (Lipinski definition) is 0. The Hall–Kier alpha value is 1.81. The molecule has 0 aromatic carbocycles. The molecule has 0 fully saturated rings. The van der Waals surface area contributed by atoms with E-state index in [1.54, 1.807) is 0 Å². The molecular weight excluding hydrogens is 526 g/mol. The van der Waals surface area contributed by atoms with Crippen LogP contribution in [0, 0.1) is 0 Å². The first-order chi connectivity index (χ1) is 11.4. The van der Waals surface area contributed by atoms with Crippen molar-refractivity contribution in [1.82, 2.24) is 0 Å². The Morgan fingerprint density at radius 2 is 0.609 bits per heavy atom. The molecule has 3 heteroatoms. The van der Waals surface area contributed by atoms with Crippen molar-refractivity contribution in [2.24, 2.45) is 0 Å². The Morgan fingerprint density at radius 3 is 0.913 bits per heavy atom. The molecule has 0 amide bonds. The molecule has 0 radical (unpaired) electrons. The molecule has 140 valence electrons. The fraction of sp³-hybridized carbons (Fsp3) is 1.00. The number of halogens is 2. The molecule has 0 spiro atoms. The molecule has 0 aliphatic carbocycles. The standard InChI is InChI=1S/C20H40I2S/c21-17-13-9-5-1-3-7-11-15-19-23-20-16-12-8-4-2-6-10-14-18-22/h1-20H2. The Morgan fingerprint density at radius 1 is 0.348 bits per heavy atom. The minimum Gasteiger partial charge on any atom is -0.162 e. The molecule has 0 saturated heterocycles. The first-order valence-corrected chi connectivity index (χ1v) is 14.3. The van der Waals surface area contributed by atoms with Gasteiger partial charge in [-0.3, -0.25) is 0 Å². The summed E-state index contributed by atoms with van der Waals surface area (Å²) in [5.74, 6) is 2.82. The molecule has 0 aliphatic heterocycles. The Bertz CT molecular complexity index is 180. The average Bonchev–Trinajstić information content (AvgIpc) is 2.57. The van der Waals surface area contributed by atoms with Crippen molar-refractivity contribution >= 4 is 56.9 Å². The van der Waals surface area contributed by atoms with Gasteiger partial charge in [0, 0.05) is 0 Å². The topological polar surface area (TPSA) is 0 Å². The van der Waals surface area contributed by atoms with Crippen molar-refractivity contribution in [2.45, 2.75) is 103 Å². The molecular formula is C20H40I2S. The molecule has 0 rings (SSSR count). The molecule has 0 aromatic rings. The van der Waals surface area contributed by atoms with Gasteiger partial charge in [0.1, 0.15) is 0 Å². The second kappa shape index (κ2) is 23.8. The highest BCUT2D eigenvalue weighted by Crippen LogP contribution is 2.14. The van der Waals surface area contributed by atoms with E-state index in [2.05, 4.69) is 56.9 Å². The van der Waals surface area contributed by atoms with Crippen LogP contribution in [-0.4, -0.2) is 20.4 Å². The third kappa shape index (κ3) is 23.8. The lowest BCUT2D eigenvalue weighted by Crippen LogP contribution is -1.87. The summed E-state index contributed by atoms with van der Waals surface area (Å²) in [6, 6.07) is 0. The van der Waals surface area contributed by atoms with Gasteiger partial charge >= 0.3 is 0 Å². The number of alkyl halides is 2. The van der Waals surface area contributed by atoms with Gasteiger partial charge < -0.3 is 0 Å². The van der Waals surface area contributed by atoms with E-state index in [0.717, 1.165) is 0 Å². The van der Waals surface area contributed by atoms with Crippen molar-refractivity contribution in [3.63, 3.8) is 0 Å².